The van der Waals surface area contributed by atoms with Gasteiger partial charge >= 0.3 is 0 Å². The maximum atomic E-state index is 8.91. The van der Waals surface area contributed by atoms with Gasteiger partial charge < -0.3 is 16.2 Å². The third kappa shape index (κ3) is 4.73. The van der Waals surface area contributed by atoms with Gasteiger partial charge in [0.25, 0.3) is 0 Å². The van der Waals surface area contributed by atoms with E-state index in [4.69, 9.17) is 10.8 Å². The second-order valence-corrected chi connectivity index (χ2v) is 3.32. The van der Waals surface area contributed by atoms with Crippen molar-refractivity contribution >= 4 is 0 Å². The molecule has 0 aliphatic carbocycles. The molecule has 0 rings (SSSR count). The van der Waals surface area contributed by atoms with E-state index in [1.807, 2.05) is 13.8 Å². The van der Waals surface area contributed by atoms with Gasteiger partial charge in [0.05, 0.1) is 6.10 Å². The highest BCUT2D eigenvalue weighted by atomic mass is 16.3. The summed E-state index contributed by atoms with van der Waals surface area (Å²) >= 11 is 0. The lowest BCUT2D eigenvalue weighted by atomic mass is 10.1. The van der Waals surface area contributed by atoms with Crippen molar-refractivity contribution in [2.45, 2.75) is 32.4 Å². The van der Waals surface area contributed by atoms with E-state index in [9.17, 15) is 0 Å². The molecule has 0 bridgehead atoms. The van der Waals surface area contributed by atoms with Crippen molar-refractivity contribution in [3.8, 4) is 0 Å². The zero-order valence-electron chi connectivity index (χ0n) is 7.02. The van der Waals surface area contributed by atoms with Crippen LogP contribution in [0.2, 0.25) is 0 Å². The summed E-state index contributed by atoms with van der Waals surface area (Å²) in [6.45, 7) is 6.95. The zero-order chi connectivity index (χ0) is 8.20. The normalized spacial score (nSPS) is 15.3. The molecule has 0 amide bonds. The third-order valence-corrected chi connectivity index (χ3v) is 1.39. The fourth-order valence-electron chi connectivity index (χ4n) is 0.496. The van der Waals surface area contributed by atoms with Crippen LogP contribution in [-0.4, -0.2) is 29.8 Å². The SMILES string of the molecule is C[C@@H](O)CNC(C)(C)CN. The summed E-state index contributed by atoms with van der Waals surface area (Å²) < 4.78 is 0. The Kier molecular flexibility index (Phi) is 3.86. The van der Waals surface area contributed by atoms with Gasteiger partial charge in [-0.2, -0.15) is 0 Å². The van der Waals surface area contributed by atoms with Crippen LogP contribution in [0.15, 0.2) is 0 Å². The number of aliphatic hydroxyl groups is 1. The highest BCUT2D eigenvalue weighted by Gasteiger charge is 2.14. The lowest BCUT2D eigenvalue weighted by Gasteiger charge is -2.24. The van der Waals surface area contributed by atoms with Crippen LogP contribution < -0.4 is 11.1 Å². The second-order valence-electron chi connectivity index (χ2n) is 3.32. The fourth-order valence-corrected chi connectivity index (χ4v) is 0.496. The maximum absolute atomic E-state index is 8.91. The summed E-state index contributed by atoms with van der Waals surface area (Å²) in [6.07, 6.45) is -0.300. The predicted octanol–water partition coefficient (Wildman–Crippen LogP) is -0.306. The minimum absolute atomic E-state index is 0.0585. The molecule has 0 aromatic rings. The summed E-state index contributed by atoms with van der Waals surface area (Å²) in [6, 6.07) is 0. The zero-order valence-corrected chi connectivity index (χ0v) is 7.02. The Labute approximate surface area is 62.6 Å². The predicted molar refractivity (Wildman–Crippen MR) is 42.8 cm³/mol. The van der Waals surface area contributed by atoms with Crippen LogP contribution in [0.25, 0.3) is 0 Å². The Bertz CT molecular complexity index is 91.6. The smallest absolute Gasteiger partial charge is 0.0636 e. The van der Waals surface area contributed by atoms with Crippen LogP contribution in [0.4, 0.5) is 0 Å². The second kappa shape index (κ2) is 3.91. The van der Waals surface area contributed by atoms with E-state index in [0.29, 0.717) is 13.1 Å². The molecular formula is C7H18N2O. The first kappa shape index (κ1) is 9.88. The molecule has 1 atom stereocenters. The number of rotatable bonds is 4. The fraction of sp³-hybridized carbons (Fsp3) is 1.00. The number of nitrogens with one attached hydrogen (secondary N) is 1. The molecule has 4 N–H and O–H groups in total. The Hall–Kier alpha value is -0.120. The van der Waals surface area contributed by atoms with E-state index in [2.05, 4.69) is 5.32 Å². The largest absolute Gasteiger partial charge is 0.392 e. The quantitative estimate of drug-likeness (QED) is 0.510. The van der Waals surface area contributed by atoms with Gasteiger partial charge in [-0.25, -0.2) is 0 Å². The van der Waals surface area contributed by atoms with Gasteiger partial charge in [0.1, 0.15) is 0 Å². The molecule has 0 heterocycles. The van der Waals surface area contributed by atoms with Gasteiger partial charge in [0, 0.05) is 18.6 Å². The van der Waals surface area contributed by atoms with Crippen LogP contribution in [0.3, 0.4) is 0 Å². The van der Waals surface area contributed by atoms with Gasteiger partial charge in [-0.1, -0.05) is 0 Å². The molecule has 0 aromatic carbocycles. The van der Waals surface area contributed by atoms with Gasteiger partial charge in [-0.05, 0) is 20.8 Å². The van der Waals surface area contributed by atoms with Crippen molar-refractivity contribution < 1.29 is 5.11 Å². The first-order valence-electron chi connectivity index (χ1n) is 3.61. The summed E-state index contributed by atoms with van der Waals surface area (Å²) in [5.74, 6) is 0. The molecule has 0 aliphatic rings. The number of β-amino-alcohol motifs (C(OH)–C–C–N with tert-alkyl or cyclic N) is 1. The molecule has 3 heteroatoms. The molecule has 10 heavy (non-hydrogen) atoms. The van der Waals surface area contributed by atoms with Crippen LogP contribution in [0.5, 0.6) is 0 Å². The van der Waals surface area contributed by atoms with E-state index in [1.54, 1.807) is 6.92 Å². The average Bonchev–Trinajstić information content (AvgIpc) is 1.85. The van der Waals surface area contributed by atoms with E-state index in [0.717, 1.165) is 0 Å². The molecule has 62 valence electrons. The van der Waals surface area contributed by atoms with Crippen LogP contribution >= 0.6 is 0 Å². The number of hydrogen-bond donors (Lipinski definition) is 3. The highest BCUT2D eigenvalue weighted by molar-refractivity contribution is 4.78. The third-order valence-electron chi connectivity index (χ3n) is 1.39. The van der Waals surface area contributed by atoms with E-state index < -0.39 is 0 Å². The van der Waals surface area contributed by atoms with Crippen LogP contribution in [0.1, 0.15) is 20.8 Å². The Morgan fingerprint density at radius 3 is 2.40 bits per heavy atom. The van der Waals surface area contributed by atoms with Gasteiger partial charge in [-0.15, -0.1) is 0 Å². The number of nitrogens with two attached hydrogens (primary N) is 1. The Morgan fingerprint density at radius 1 is 1.60 bits per heavy atom. The monoisotopic (exact) mass is 146 g/mol. The first-order valence-corrected chi connectivity index (χ1v) is 3.61. The molecule has 0 aromatic heterocycles. The van der Waals surface area contributed by atoms with E-state index >= 15 is 0 Å². The van der Waals surface area contributed by atoms with Crippen molar-refractivity contribution in [3.05, 3.63) is 0 Å². The molecule has 0 radical (unpaired) electrons. The first-order chi connectivity index (χ1) is 4.48. The Morgan fingerprint density at radius 2 is 2.10 bits per heavy atom. The van der Waals surface area contributed by atoms with Gasteiger partial charge in [0.15, 0.2) is 0 Å². The average molecular weight is 146 g/mol. The van der Waals surface area contributed by atoms with Crippen molar-refractivity contribution in [1.82, 2.24) is 5.32 Å². The molecule has 0 fully saturated rings. The van der Waals surface area contributed by atoms with Crippen molar-refractivity contribution in [3.63, 3.8) is 0 Å². The molecule has 0 saturated carbocycles. The molecule has 0 saturated heterocycles. The Balaban J connectivity index is 3.46. The maximum Gasteiger partial charge on any atom is 0.0636 e. The van der Waals surface area contributed by atoms with Crippen molar-refractivity contribution in [2.75, 3.05) is 13.1 Å². The molecule has 0 aliphatic heterocycles. The molecular weight excluding hydrogens is 128 g/mol. The van der Waals surface area contributed by atoms with Crippen LogP contribution in [-0.2, 0) is 0 Å². The number of aliphatic hydroxyl groups excluding tert-OH is 1. The summed E-state index contributed by atoms with van der Waals surface area (Å²) in [4.78, 5) is 0. The van der Waals surface area contributed by atoms with E-state index in [-0.39, 0.29) is 11.6 Å². The topological polar surface area (TPSA) is 58.3 Å². The lowest BCUT2D eigenvalue weighted by molar-refractivity contribution is 0.177. The summed E-state index contributed by atoms with van der Waals surface area (Å²) in [5.41, 5.74) is 5.39. The minimum Gasteiger partial charge on any atom is -0.392 e. The van der Waals surface area contributed by atoms with Gasteiger partial charge in [0.2, 0.25) is 0 Å². The van der Waals surface area contributed by atoms with E-state index in [1.165, 1.54) is 0 Å². The molecule has 0 unspecified atom stereocenters. The van der Waals surface area contributed by atoms with Crippen molar-refractivity contribution in [1.29, 1.82) is 0 Å². The van der Waals surface area contributed by atoms with Gasteiger partial charge in [-0.3, -0.25) is 0 Å². The molecule has 3 nitrogen and oxygen atoms in total. The summed E-state index contributed by atoms with van der Waals surface area (Å²) in [7, 11) is 0. The van der Waals surface area contributed by atoms with Crippen LogP contribution in [0, 0.1) is 0 Å². The standard InChI is InChI=1S/C7H18N2O/c1-6(10)4-9-7(2,3)5-8/h6,9-10H,4-5,8H2,1-3H3/t6-/m1/s1. The molecule has 0 spiro atoms. The van der Waals surface area contributed by atoms with Crippen molar-refractivity contribution in [2.24, 2.45) is 5.73 Å². The highest BCUT2D eigenvalue weighted by Crippen LogP contribution is 1.97. The lowest BCUT2D eigenvalue weighted by Crippen LogP contribution is -2.48. The minimum atomic E-state index is -0.300. The number of hydrogen-bond acceptors (Lipinski definition) is 3. The summed E-state index contributed by atoms with van der Waals surface area (Å²) in [5, 5.41) is 12.0.